The van der Waals surface area contributed by atoms with E-state index < -0.39 is 34.2 Å². The number of benzene rings is 2. The minimum absolute atomic E-state index is 0.000793. The van der Waals surface area contributed by atoms with E-state index in [9.17, 15) is 18.0 Å². The monoisotopic (exact) mass is 465 g/mol. The van der Waals surface area contributed by atoms with Gasteiger partial charge in [0.1, 0.15) is 11.3 Å². The number of halogens is 3. The van der Waals surface area contributed by atoms with Crippen LogP contribution < -0.4 is 14.5 Å². The van der Waals surface area contributed by atoms with Gasteiger partial charge in [-0.3, -0.25) is 9.69 Å². The van der Waals surface area contributed by atoms with Gasteiger partial charge in [0.25, 0.3) is 5.91 Å². The average Bonchev–Trinajstić information content (AvgIpc) is 2.92. The number of thiol groups is 1. The van der Waals surface area contributed by atoms with E-state index in [1.165, 1.54) is 17.0 Å². The molecule has 0 aliphatic carbocycles. The first-order valence-electron chi connectivity index (χ1n) is 9.78. The summed E-state index contributed by atoms with van der Waals surface area (Å²) in [5.74, 6) is 0.151. The van der Waals surface area contributed by atoms with Gasteiger partial charge in [-0.25, -0.2) is 0 Å². The number of carbonyl (C=O) groups is 1. The standard InChI is InChI=1S/C22H22F3N3O3S/c1-21(2)19(30)27(16-5-4-14(13-26)18(12-16)22(23,24)25)20(32)28(21)15-6-8-17(9-7-15)31-11-3-10-29/h4-9,12,20,29,32H,3,10-11H2,1-2H3. The first-order valence-corrected chi connectivity index (χ1v) is 10.3. The van der Waals surface area contributed by atoms with Crippen LogP contribution in [0.5, 0.6) is 5.75 Å². The smallest absolute Gasteiger partial charge is 0.417 e. The van der Waals surface area contributed by atoms with E-state index in [4.69, 9.17) is 15.1 Å². The van der Waals surface area contributed by atoms with Gasteiger partial charge in [0.05, 0.1) is 23.8 Å². The molecule has 1 N–H and O–H groups in total. The van der Waals surface area contributed by atoms with Crippen LogP contribution in [0.1, 0.15) is 31.4 Å². The molecule has 1 atom stereocenters. The maximum absolute atomic E-state index is 13.4. The number of alkyl halides is 3. The summed E-state index contributed by atoms with van der Waals surface area (Å²) in [4.78, 5) is 16.1. The van der Waals surface area contributed by atoms with Gasteiger partial charge in [0.15, 0.2) is 5.50 Å². The fourth-order valence-corrected chi connectivity index (χ4v) is 4.25. The topological polar surface area (TPSA) is 76.8 Å². The van der Waals surface area contributed by atoms with Gasteiger partial charge in [0, 0.05) is 24.4 Å². The average molecular weight is 465 g/mol. The molecule has 1 aliphatic rings. The fourth-order valence-electron chi connectivity index (χ4n) is 3.59. The van der Waals surface area contributed by atoms with Crippen molar-refractivity contribution in [1.82, 2.24) is 0 Å². The molecule has 170 valence electrons. The summed E-state index contributed by atoms with van der Waals surface area (Å²) < 4.78 is 45.8. The molecule has 1 amide bonds. The number of amides is 1. The molecule has 0 spiro atoms. The van der Waals surface area contributed by atoms with E-state index in [0.717, 1.165) is 12.1 Å². The van der Waals surface area contributed by atoms with Crippen molar-refractivity contribution in [2.24, 2.45) is 0 Å². The van der Waals surface area contributed by atoms with Crippen LogP contribution in [0.25, 0.3) is 0 Å². The predicted octanol–water partition coefficient (Wildman–Crippen LogP) is 4.18. The van der Waals surface area contributed by atoms with Crippen LogP contribution in [0.4, 0.5) is 24.5 Å². The molecule has 1 aliphatic heterocycles. The Bertz CT molecular complexity index is 1040. The van der Waals surface area contributed by atoms with Crippen molar-refractivity contribution in [3.05, 3.63) is 53.6 Å². The first-order chi connectivity index (χ1) is 15.0. The Balaban J connectivity index is 1.95. The van der Waals surface area contributed by atoms with Crippen LogP contribution in [-0.2, 0) is 11.0 Å². The Labute approximate surface area is 189 Å². The van der Waals surface area contributed by atoms with Crippen LogP contribution in [0.2, 0.25) is 0 Å². The molecule has 1 fully saturated rings. The summed E-state index contributed by atoms with van der Waals surface area (Å²) in [7, 11) is 0. The van der Waals surface area contributed by atoms with Crippen molar-refractivity contribution in [2.45, 2.75) is 37.5 Å². The SMILES string of the molecule is CC1(C)C(=O)N(c2ccc(C#N)c(C(F)(F)F)c2)C(S)N1c1ccc(OCCCO)cc1. The Morgan fingerprint density at radius 3 is 2.38 bits per heavy atom. The number of hydrogen-bond donors (Lipinski definition) is 2. The Kier molecular flexibility index (Phi) is 6.62. The van der Waals surface area contributed by atoms with Crippen molar-refractivity contribution in [1.29, 1.82) is 5.26 Å². The molecular weight excluding hydrogens is 443 g/mol. The van der Waals surface area contributed by atoms with Gasteiger partial charge in [-0.15, -0.1) is 12.6 Å². The molecular formula is C22H22F3N3O3S. The lowest BCUT2D eigenvalue weighted by atomic mass is 10.0. The molecule has 1 saturated heterocycles. The second-order valence-electron chi connectivity index (χ2n) is 7.71. The minimum Gasteiger partial charge on any atom is -0.494 e. The third-order valence-corrected chi connectivity index (χ3v) is 5.66. The number of anilines is 2. The normalized spacial score (nSPS) is 18.1. The van der Waals surface area contributed by atoms with Crippen LogP contribution in [0.15, 0.2) is 42.5 Å². The largest absolute Gasteiger partial charge is 0.494 e. The van der Waals surface area contributed by atoms with Crippen molar-refractivity contribution < 1.29 is 27.8 Å². The van der Waals surface area contributed by atoms with Gasteiger partial charge >= 0.3 is 6.18 Å². The summed E-state index contributed by atoms with van der Waals surface area (Å²) in [6.45, 7) is 3.70. The predicted molar refractivity (Wildman–Crippen MR) is 117 cm³/mol. The maximum atomic E-state index is 13.4. The molecule has 32 heavy (non-hydrogen) atoms. The van der Waals surface area contributed by atoms with E-state index >= 15 is 0 Å². The van der Waals surface area contributed by atoms with E-state index in [-0.39, 0.29) is 12.3 Å². The molecule has 3 rings (SSSR count). The highest BCUT2D eigenvalue weighted by atomic mass is 32.1. The Morgan fingerprint density at radius 1 is 1.19 bits per heavy atom. The molecule has 0 radical (unpaired) electrons. The number of rotatable bonds is 6. The minimum atomic E-state index is -4.74. The van der Waals surface area contributed by atoms with Crippen LogP contribution >= 0.6 is 12.6 Å². The van der Waals surface area contributed by atoms with E-state index in [2.05, 4.69) is 12.6 Å². The highest BCUT2D eigenvalue weighted by Gasteiger charge is 2.51. The zero-order valence-corrected chi connectivity index (χ0v) is 18.3. The molecule has 1 heterocycles. The van der Waals surface area contributed by atoms with Gasteiger partial charge < -0.3 is 14.7 Å². The van der Waals surface area contributed by atoms with Crippen molar-refractivity contribution in [2.75, 3.05) is 23.0 Å². The summed E-state index contributed by atoms with van der Waals surface area (Å²) in [6, 6.07) is 11.6. The lowest BCUT2D eigenvalue weighted by Crippen LogP contribution is -2.44. The van der Waals surface area contributed by atoms with Crippen molar-refractivity contribution in [3.63, 3.8) is 0 Å². The number of hydrogen-bond acceptors (Lipinski definition) is 6. The molecule has 2 aromatic carbocycles. The number of nitriles is 1. The molecule has 6 nitrogen and oxygen atoms in total. The molecule has 0 bridgehead atoms. The van der Waals surface area contributed by atoms with Crippen LogP contribution in [0.3, 0.4) is 0 Å². The highest BCUT2D eigenvalue weighted by Crippen LogP contribution is 2.42. The fraction of sp³-hybridized carbons (Fsp3) is 0.364. The number of nitrogens with zero attached hydrogens (tertiary/aromatic N) is 3. The summed E-state index contributed by atoms with van der Waals surface area (Å²) >= 11 is 4.55. The molecule has 1 unspecified atom stereocenters. The first kappa shape index (κ1) is 23.8. The number of aliphatic hydroxyl groups is 1. The Hall–Kier alpha value is -2.90. The maximum Gasteiger partial charge on any atom is 0.417 e. The van der Waals surface area contributed by atoms with Gasteiger partial charge in [0.2, 0.25) is 0 Å². The molecule has 2 aromatic rings. The van der Waals surface area contributed by atoms with E-state index in [0.29, 0.717) is 24.5 Å². The molecule has 0 aromatic heterocycles. The van der Waals surface area contributed by atoms with Crippen LogP contribution in [0, 0.1) is 11.3 Å². The number of aliphatic hydroxyl groups excluding tert-OH is 1. The van der Waals surface area contributed by atoms with Crippen LogP contribution in [-0.4, -0.2) is 35.3 Å². The lowest BCUT2D eigenvalue weighted by Gasteiger charge is -2.33. The van der Waals surface area contributed by atoms with Gasteiger partial charge in [-0.05, 0) is 56.3 Å². The third-order valence-electron chi connectivity index (χ3n) is 5.20. The third kappa shape index (κ3) is 4.36. The highest BCUT2D eigenvalue weighted by molar-refractivity contribution is 7.81. The van der Waals surface area contributed by atoms with Gasteiger partial charge in [-0.1, -0.05) is 0 Å². The zero-order chi connectivity index (χ0) is 23.7. The number of ether oxygens (including phenoxy) is 1. The Morgan fingerprint density at radius 2 is 1.81 bits per heavy atom. The summed E-state index contributed by atoms with van der Waals surface area (Å²) in [5, 5.41) is 17.9. The van der Waals surface area contributed by atoms with Crippen molar-refractivity contribution >= 4 is 29.9 Å². The lowest BCUT2D eigenvalue weighted by molar-refractivity contribution is -0.137. The number of carbonyl (C=O) groups excluding carboxylic acids is 1. The quantitative estimate of drug-likeness (QED) is 0.494. The molecule has 10 heteroatoms. The second-order valence-corrected chi connectivity index (χ2v) is 8.17. The van der Waals surface area contributed by atoms with E-state index in [1.807, 2.05) is 0 Å². The van der Waals surface area contributed by atoms with E-state index in [1.54, 1.807) is 43.0 Å². The molecule has 0 saturated carbocycles. The summed E-state index contributed by atoms with van der Waals surface area (Å²) in [5.41, 5.74) is -2.97. The zero-order valence-electron chi connectivity index (χ0n) is 17.4. The summed E-state index contributed by atoms with van der Waals surface area (Å²) in [6.07, 6.45) is -4.25. The second kappa shape index (κ2) is 8.92. The van der Waals surface area contributed by atoms with Gasteiger partial charge in [-0.2, -0.15) is 18.4 Å². The van der Waals surface area contributed by atoms with Crippen molar-refractivity contribution in [3.8, 4) is 11.8 Å².